The molecule has 7 heteroatoms. The van der Waals surface area contributed by atoms with Crippen molar-refractivity contribution in [3.63, 3.8) is 0 Å². The van der Waals surface area contributed by atoms with Crippen LogP contribution in [0.1, 0.15) is 5.89 Å². The Balaban J connectivity index is 1.55. The molecule has 1 aliphatic heterocycles. The van der Waals surface area contributed by atoms with E-state index in [0.29, 0.717) is 37.0 Å². The summed E-state index contributed by atoms with van der Waals surface area (Å²) in [6.45, 7) is 3.66. The summed E-state index contributed by atoms with van der Waals surface area (Å²) in [5.41, 5.74) is 1.87. The lowest BCUT2D eigenvalue weighted by Gasteiger charge is -2.24. The first-order valence-electron chi connectivity index (χ1n) is 8.21. The van der Waals surface area contributed by atoms with Gasteiger partial charge in [-0.2, -0.15) is 4.98 Å². The normalized spacial score (nSPS) is 15.4. The molecule has 0 unspecified atom stereocenters. The summed E-state index contributed by atoms with van der Waals surface area (Å²) in [5, 5.41) is 3.95. The standard InChI is InChI=1S/C18H18N4O3/c23-18-14(6-7-15(19-18)13-4-2-1-3-5-13)17-20-16(25-21-17)12-22-8-10-24-11-9-22/h1-7H,8-12H2,(H,19,23). The molecule has 1 fully saturated rings. The first kappa shape index (κ1) is 15.7. The molecule has 7 nitrogen and oxygen atoms in total. The molecule has 3 aromatic rings. The lowest BCUT2D eigenvalue weighted by Crippen LogP contribution is -2.35. The van der Waals surface area contributed by atoms with Gasteiger partial charge in [0.1, 0.15) is 0 Å². The SMILES string of the molecule is O=c1[nH]c(-c2ccccc2)ccc1-c1noc(CN2CCOCC2)n1. The van der Waals surface area contributed by atoms with Crippen LogP contribution in [0, 0.1) is 0 Å². The van der Waals surface area contributed by atoms with Gasteiger partial charge in [-0.3, -0.25) is 9.69 Å². The maximum absolute atomic E-state index is 12.4. The highest BCUT2D eigenvalue weighted by Gasteiger charge is 2.17. The zero-order valence-corrected chi connectivity index (χ0v) is 13.6. The molecule has 1 saturated heterocycles. The van der Waals surface area contributed by atoms with E-state index in [9.17, 15) is 4.79 Å². The second-order valence-corrected chi connectivity index (χ2v) is 5.88. The molecule has 0 bridgehead atoms. The topological polar surface area (TPSA) is 84.2 Å². The van der Waals surface area contributed by atoms with Crippen molar-refractivity contribution < 1.29 is 9.26 Å². The quantitative estimate of drug-likeness (QED) is 0.782. The summed E-state index contributed by atoms with van der Waals surface area (Å²) in [5.74, 6) is 0.813. The van der Waals surface area contributed by atoms with E-state index in [2.05, 4.69) is 20.0 Å². The second-order valence-electron chi connectivity index (χ2n) is 5.88. The molecule has 0 aliphatic carbocycles. The Labute approximate surface area is 144 Å². The van der Waals surface area contributed by atoms with Gasteiger partial charge in [-0.05, 0) is 17.7 Å². The lowest BCUT2D eigenvalue weighted by atomic mass is 10.1. The average Bonchev–Trinajstić information content (AvgIpc) is 3.11. The number of aromatic nitrogens is 3. The van der Waals surface area contributed by atoms with E-state index in [-0.39, 0.29) is 5.56 Å². The number of nitrogens with one attached hydrogen (secondary N) is 1. The molecule has 128 valence electrons. The van der Waals surface area contributed by atoms with Crippen LogP contribution in [0.25, 0.3) is 22.6 Å². The summed E-state index contributed by atoms with van der Waals surface area (Å²) in [6.07, 6.45) is 0. The van der Waals surface area contributed by atoms with Crippen molar-refractivity contribution in [2.45, 2.75) is 6.54 Å². The largest absolute Gasteiger partial charge is 0.379 e. The Bertz CT molecular complexity index is 898. The molecule has 4 rings (SSSR count). The molecule has 0 spiro atoms. The van der Waals surface area contributed by atoms with Crippen molar-refractivity contribution in [3.05, 3.63) is 58.7 Å². The monoisotopic (exact) mass is 338 g/mol. The van der Waals surface area contributed by atoms with Crippen LogP contribution < -0.4 is 5.56 Å². The molecule has 25 heavy (non-hydrogen) atoms. The molecule has 0 atom stereocenters. The maximum Gasteiger partial charge on any atom is 0.259 e. The number of ether oxygens (including phenoxy) is 1. The van der Waals surface area contributed by atoms with Crippen molar-refractivity contribution in [2.75, 3.05) is 26.3 Å². The predicted octanol–water partition coefficient (Wildman–Crippen LogP) is 1.92. The summed E-state index contributed by atoms with van der Waals surface area (Å²) >= 11 is 0. The molecular weight excluding hydrogens is 320 g/mol. The van der Waals surface area contributed by atoms with Gasteiger partial charge in [0.15, 0.2) is 0 Å². The van der Waals surface area contributed by atoms with Crippen molar-refractivity contribution in [1.29, 1.82) is 0 Å². The molecule has 2 aromatic heterocycles. The average molecular weight is 338 g/mol. The molecule has 1 aliphatic rings. The number of rotatable bonds is 4. The number of H-pyrrole nitrogens is 1. The van der Waals surface area contributed by atoms with Gasteiger partial charge >= 0.3 is 0 Å². The number of benzene rings is 1. The molecule has 0 saturated carbocycles. The van der Waals surface area contributed by atoms with E-state index in [1.165, 1.54) is 0 Å². The molecular formula is C18H18N4O3. The summed E-state index contributed by atoms with van der Waals surface area (Å²) < 4.78 is 10.6. The minimum Gasteiger partial charge on any atom is -0.379 e. The first-order chi connectivity index (χ1) is 12.3. The highest BCUT2D eigenvalue weighted by atomic mass is 16.5. The molecule has 3 heterocycles. The Hall–Kier alpha value is -2.77. The molecule has 0 amide bonds. The van der Waals surface area contributed by atoms with Gasteiger partial charge < -0.3 is 14.2 Å². The molecule has 1 aromatic carbocycles. The number of hydrogen-bond donors (Lipinski definition) is 1. The maximum atomic E-state index is 12.4. The highest BCUT2D eigenvalue weighted by molar-refractivity contribution is 5.62. The third kappa shape index (κ3) is 3.52. The van der Waals surface area contributed by atoms with Crippen molar-refractivity contribution >= 4 is 0 Å². The summed E-state index contributed by atoms with van der Waals surface area (Å²) in [7, 11) is 0. The minimum absolute atomic E-state index is 0.236. The van der Waals surface area contributed by atoms with Crippen molar-refractivity contribution in [1.82, 2.24) is 20.0 Å². The van der Waals surface area contributed by atoms with Crippen LogP contribution in [-0.4, -0.2) is 46.3 Å². The minimum atomic E-state index is -0.236. The fraction of sp³-hybridized carbons (Fsp3) is 0.278. The molecule has 0 radical (unpaired) electrons. The van der Waals surface area contributed by atoms with Gasteiger partial charge in [0, 0.05) is 18.8 Å². The first-order valence-corrected chi connectivity index (χ1v) is 8.21. The van der Waals surface area contributed by atoms with Crippen LogP contribution in [0.15, 0.2) is 51.8 Å². The smallest absolute Gasteiger partial charge is 0.259 e. The number of nitrogens with zero attached hydrogens (tertiary/aromatic N) is 3. The van der Waals surface area contributed by atoms with E-state index < -0.39 is 0 Å². The number of pyridine rings is 1. The van der Waals surface area contributed by atoms with Crippen molar-refractivity contribution in [2.24, 2.45) is 0 Å². The fourth-order valence-electron chi connectivity index (χ4n) is 2.81. The van der Waals surface area contributed by atoms with Gasteiger partial charge in [-0.25, -0.2) is 0 Å². The van der Waals surface area contributed by atoms with E-state index in [1.54, 1.807) is 6.07 Å². The van der Waals surface area contributed by atoms with Gasteiger partial charge in [-0.1, -0.05) is 35.5 Å². The van der Waals surface area contributed by atoms with E-state index in [4.69, 9.17) is 9.26 Å². The predicted molar refractivity (Wildman–Crippen MR) is 91.9 cm³/mol. The van der Waals surface area contributed by atoms with Gasteiger partial charge in [0.05, 0.1) is 25.3 Å². The number of hydrogen-bond acceptors (Lipinski definition) is 6. The second kappa shape index (κ2) is 7.00. The Morgan fingerprint density at radius 3 is 2.64 bits per heavy atom. The number of aromatic amines is 1. The lowest BCUT2D eigenvalue weighted by molar-refractivity contribution is 0.0297. The van der Waals surface area contributed by atoms with E-state index in [1.807, 2.05) is 36.4 Å². The zero-order valence-electron chi connectivity index (χ0n) is 13.6. The Morgan fingerprint density at radius 2 is 1.88 bits per heavy atom. The molecule has 1 N–H and O–H groups in total. The van der Waals surface area contributed by atoms with Crippen LogP contribution in [-0.2, 0) is 11.3 Å². The summed E-state index contributed by atoms with van der Waals surface area (Å²) in [6, 6.07) is 13.3. The number of morpholine rings is 1. The van der Waals surface area contributed by atoms with Crippen LogP contribution in [0.3, 0.4) is 0 Å². The highest BCUT2D eigenvalue weighted by Crippen LogP contribution is 2.18. The van der Waals surface area contributed by atoms with Gasteiger partial charge in [0.2, 0.25) is 11.7 Å². The van der Waals surface area contributed by atoms with Crippen LogP contribution in [0.4, 0.5) is 0 Å². The van der Waals surface area contributed by atoms with Gasteiger partial charge in [-0.15, -0.1) is 0 Å². The van der Waals surface area contributed by atoms with Crippen LogP contribution in [0.5, 0.6) is 0 Å². The third-order valence-corrected chi connectivity index (χ3v) is 4.17. The Kier molecular flexibility index (Phi) is 4.41. The van der Waals surface area contributed by atoms with Gasteiger partial charge in [0.25, 0.3) is 5.56 Å². The van der Waals surface area contributed by atoms with E-state index in [0.717, 1.165) is 24.3 Å². The third-order valence-electron chi connectivity index (χ3n) is 4.17. The Morgan fingerprint density at radius 1 is 1.08 bits per heavy atom. The summed E-state index contributed by atoms with van der Waals surface area (Å²) in [4.78, 5) is 21.8. The van der Waals surface area contributed by atoms with E-state index >= 15 is 0 Å². The van der Waals surface area contributed by atoms with Crippen molar-refractivity contribution in [3.8, 4) is 22.6 Å². The van der Waals surface area contributed by atoms with Crippen LogP contribution in [0.2, 0.25) is 0 Å². The zero-order chi connectivity index (χ0) is 17.1. The fourth-order valence-corrected chi connectivity index (χ4v) is 2.81. The van der Waals surface area contributed by atoms with Crippen LogP contribution >= 0.6 is 0 Å².